The molecule has 0 bridgehead atoms. The second-order valence-corrected chi connectivity index (χ2v) is 3.12. The maximum absolute atomic E-state index is 4.83. The van der Waals surface area contributed by atoms with Gasteiger partial charge in [-0.25, -0.2) is 0 Å². The second-order valence-electron chi connectivity index (χ2n) is 3.12. The summed E-state index contributed by atoms with van der Waals surface area (Å²) in [7, 11) is 0. The second kappa shape index (κ2) is 15.0. The molecule has 0 saturated heterocycles. The van der Waals surface area contributed by atoms with Gasteiger partial charge in [-0.2, -0.15) is 0 Å². The van der Waals surface area contributed by atoms with Gasteiger partial charge >= 0.3 is 18.9 Å². The van der Waals surface area contributed by atoms with Crippen molar-refractivity contribution in [1.29, 1.82) is 0 Å². The molecule has 0 atom stereocenters. The summed E-state index contributed by atoms with van der Waals surface area (Å²) in [5.74, 6) is 0. The van der Waals surface area contributed by atoms with Crippen LogP contribution in [0.25, 0.3) is 5.32 Å². The zero-order valence-electron chi connectivity index (χ0n) is 10.4. The van der Waals surface area contributed by atoms with Crippen LogP contribution in [0.4, 0.5) is 0 Å². The van der Waals surface area contributed by atoms with E-state index in [1.165, 1.54) is 0 Å². The van der Waals surface area contributed by atoms with Gasteiger partial charge in [-0.15, -0.1) is 12.1 Å². The Kier molecular flexibility index (Phi) is 22.1. The van der Waals surface area contributed by atoms with Crippen molar-refractivity contribution >= 4 is 0 Å². The summed E-state index contributed by atoms with van der Waals surface area (Å²) in [5, 5.41) is 4.28. The molecule has 0 rings (SSSR count). The molecule has 0 aromatic rings. The summed E-state index contributed by atoms with van der Waals surface area (Å²) in [6, 6.07) is 1.000. The molecule has 0 aromatic carbocycles. The Bertz CT molecular complexity index is 69.3. The zero-order chi connectivity index (χ0) is 9.98. The van der Waals surface area contributed by atoms with Gasteiger partial charge in [0.05, 0.1) is 0 Å². The standard InChI is InChI=1S/C6H14N.C4H10O.Li/c1-5(2)7-6(3)4;1-3-5-4-2;/h5-6H,1-4H3;3-4H2,1-2H3;/q-1;;+1. The van der Waals surface area contributed by atoms with Crippen molar-refractivity contribution in [3.63, 3.8) is 0 Å². The first-order chi connectivity index (χ1) is 5.54. The molecule has 0 aliphatic carbocycles. The molecule has 0 unspecified atom stereocenters. The summed E-state index contributed by atoms with van der Waals surface area (Å²) in [6.07, 6.45) is 0. The number of rotatable bonds is 4. The predicted octanol–water partition coefficient (Wildman–Crippen LogP) is 0.224. The van der Waals surface area contributed by atoms with Crippen LogP contribution in [0.1, 0.15) is 41.5 Å². The van der Waals surface area contributed by atoms with E-state index < -0.39 is 0 Å². The van der Waals surface area contributed by atoms with Crippen LogP contribution in [0.3, 0.4) is 0 Å². The molecule has 0 aliphatic rings. The summed E-state index contributed by atoms with van der Waals surface area (Å²) in [6.45, 7) is 14.1. The summed E-state index contributed by atoms with van der Waals surface area (Å²) in [5.41, 5.74) is 0. The fourth-order valence-corrected chi connectivity index (χ4v) is 0.800. The zero-order valence-corrected chi connectivity index (χ0v) is 10.4. The molecule has 0 aromatic heterocycles. The first-order valence-corrected chi connectivity index (χ1v) is 4.82. The van der Waals surface area contributed by atoms with Gasteiger partial charge in [0.15, 0.2) is 0 Å². The fourth-order valence-electron chi connectivity index (χ4n) is 0.800. The normalized spacial score (nSPS) is 9.23. The van der Waals surface area contributed by atoms with Crippen LogP contribution in [0.5, 0.6) is 0 Å². The molecule has 0 N–H and O–H groups in total. The van der Waals surface area contributed by atoms with E-state index in [4.69, 9.17) is 4.74 Å². The number of hydrogen-bond acceptors (Lipinski definition) is 1. The number of ether oxygens (including phenoxy) is 1. The Hall–Kier alpha value is 0.517. The van der Waals surface area contributed by atoms with E-state index in [2.05, 4.69) is 33.0 Å². The fraction of sp³-hybridized carbons (Fsp3) is 1.00. The minimum absolute atomic E-state index is 0. The summed E-state index contributed by atoms with van der Waals surface area (Å²) < 4.78 is 4.83. The van der Waals surface area contributed by atoms with E-state index >= 15 is 0 Å². The van der Waals surface area contributed by atoms with Crippen LogP contribution in [-0.2, 0) is 4.74 Å². The molecule has 0 saturated carbocycles. The van der Waals surface area contributed by atoms with Crippen LogP contribution < -0.4 is 18.9 Å². The molecule has 0 amide bonds. The van der Waals surface area contributed by atoms with E-state index in [0.29, 0.717) is 12.1 Å². The van der Waals surface area contributed by atoms with Crippen molar-refractivity contribution in [1.82, 2.24) is 0 Å². The van der Waals surface area contributed by atoms with Crippen LogP contribution in [0, 0.1) is 0 Å². The van der Waals surface area contributed by atoms with Crippen LogP contribution in [0.15, 0.2) is 0 Å². The third kappa shape index (κ3) is 32.6. The van der Waals surface area contributed by atoms with Crippen molar-refractivity contribution in [2.45, 2.75) is 53.6 Å². The molecule has 0 heterocycles. The smallest absolute Gasteiger partial charge is 0.658 e. The van der Waals surface area contributed by atoms with Gasteiger partial charge in [0, 0.05) is 13.2 Å². The predicted molar refractivity (Wildman–Crippen MR) is 55.8 cm³/mol. The molecule has 2 nitrogen and oxygen atoms in total. The molecule has 76 valence electrons. The molecular weight excluding hydrogens is 157 g/mol. The van der Waals surface area contributed by atoms with Crippen molar-refractivity contribution in [2.75, 3.05) is 13.2 Å². The minimum Gasteiger partial charge on any atom is -0.658 e. The van der Waals surface area contributed by atoms with Crippen molar-refractivity contribution < 1.29 is 23.6 Å². The van der Waals surface area contributed by atoms with Gasteiger partial charge in [0.2, 0.25) is 0 Å². The van der Waals surface area contributed by atoms with Crippen LogP contribution in [0.2, 0.25) is 0 Å². The van der Waals surface area contributed by atoms with Crippen molar-refractivity contribution in [3.05, 3.63) is 5.32 Å². The molecule has 3 heteroatoms. The van der Waals surface area contributed by atoms with E-state index in [1.807, 2.05) is 13.8 Å². The monoisotopic (exact) mass is 181 g/mol. The Morgan fingerprint density at radius 1 is 0.923 bits per heavy atom. The Balaban J connectivity index is -0.000000150. The van der Waals surface area contributed by atoms with Gasteiger partial charge in [-0.1, -0.05) is 27.7 Å². The van der Waals surface area contributed by atoms with Gasteiger partial charge in [0.25, 0.3) is 0 Å². The third-order valence-corrected chi connectivity index (χ3v) is 1.00. The average Bonchev–Trinajstić information content (AvgIpc) is 1.87. The summed E-state index contributed by atoms with van der Waals surface area (Å²) >= 11 is 0. The first kappa shape index (κ1) is 19.1. The maximum atomic E-state index is 4.83. The third-order valence-electron chi connectivity index (χ3n) is 1.00. The Morgan fingerprint density at radius 2 is 1.23 bits per heavy atom. The minimum atomic E-state index is 0. The van der Waals surface area contributed by atoms with E-state index in [9.17, 15) is 0 Å². The van der Waals surface area contributed by atoms with E-state index in [0.717, 1.165) is 13.2 Å². The van der Waals surface area contributed by atoms with Gasteiger partial charge in [-0.05, 0) is 13.8 Å². The molecule has 0 spiro atoms. The molecule has 0 radical (unpaired) electrons. The average molecular weight is 181 g/mol. The SMILES string of the molecule is CC(C)[N-]C(C)C.CCOCC.[Li+]. The van der Waals surface area contributed by atoms with Gasteiger partial charge in [-0.3, -0.25) is 0 Å². The Labute approximate surface area is 96.0 Å². The number of hydrogen-bond donors (Lipinski definition) is 0. The number of nitrogens with zero attached hydrogens (tertiary/aromatic N) is 1. The maximum Gasteiger partial charge on any atom is 1.00 e. The Morgan fingerprint density at radius 3 is 1.23 bits per heavy atom. The molecular formula is C10H24LiNO. The van der Waals surface area contributed by atoms with Gasteiger partial charge < -0.3 is 10.1 Å². The topological polar surface area (TPSA) is 23.3 Å². The van der Waals surface area contributed by atoms with Crippen LogP contribution in [-0.4, -0.2) is 25.3 Å². The van der Waals surface area contributed by atoms with Gasteiger partial charge in [0.1, 0.15) is 0 Å². The van der Waals surface area contributed by atoms with E-state index in [1.54, 1.807) is 0 Å². The van der Waals surface area contributed by atoms with E-state index in [-0.39, 0.29) is 18.9 Å². The van der Waals surface area contributed by atoms with Crippen LogP contribution >= 0.6 is 0 Å². The first-order valence-electron chi connectivity index (χ1n) is 4.82. The summed E-state index contributed by atoms with van der Waals surface area (Å²) in [4.78, 5) is 0. The molecule has 0 aliphatic heterocycles. The van der Waals surface area contributed by atoms with Crippen molar-refractivity contribution in [2.24, 2.45) is 0 Å². The molecule has 13 heavy (non-hydrogen) atoms. The van der Waals surface area contributed by atoms with Crippen molar-refractivity contribution in [3.8, 4) is 0 Å². The quantitative estimate of drug-likeness (QED) is 0.569. The molecule has 0 fully saturated rings. The largest absolute Gasteiger partial charge is 1.00 e.